The molecule has 1 aliphatic rings. The molecule has 25 heavy (non-hydrogen) atoms. The van der Waals surface area contributed by atoms with Crippen molar-refractivity contribution in [2.45, 2.75) is 90.4 Å². The lowest BCUT2D eigenvalue weighted by Crippen LogP contribution is -2.41. The first-order valence-electron chi connectivity index (χ1n) is 9.20. The molecular weight excluding hydrogens is 316 g/mol. The summed E-state index contributed by atoms with van der Waals surface area (Å²) in [4.78, 5) is 24.1. The van der Waals surface area contributed by atoms with E-state index in [2.05, 4.69) is 0 Å². The Kier molecular flexibility index (Phi) is 5.77. The molecule has 4 heteroatoms. The number of carbonyl (C=O) groups is 1. The molecular formula is C21H32O4. The highest BCUT2D eigenvalue weighted by Gasteiger charge is 2.38. The Hall–Kier alpha value is -1.23. The fourth-order valence-corrected chi connectivity index (χ4v) is 3.13. The van der Waals surface area contributed by atoms with E-state index in [4.69, 9.17) is 9.78 Å². The zero-order valence-corrected chi connectivity index (χ0v) is 16.4. The maximum absolute atomic E-state index is 13.0. The molecule has 0 aliphatic heterocycles. The monoisotopic (exact) mass is 348 g/mol. The third kappa shape index (κ3) is 4.90. The van der Waals surface area contributed by atoms with Crippen molar-refractivity contribution in [1.82, 2.24) is 0 Å². The van der Waals surface area contributed by atoms with Gasteiger partial charge in [-0.2, -0.15) is 0 Å². The lowest BCUT2D eigenvalue weighted by molar-refractivity contribution is -0.401. The van der Waals surface area contributed by atoms with Gasteiger partial charge in [0.2, 0.25) is 0 Å². The van der Waals surface area contributed by atoms with E-state index in [9.17, 15) is 9.90 Å². The highest BCUT2D eigenvalue weighted by Crippen LogP contribution is 2.34. The van der Waals surface area contributed by atoms with E-state index >= 15 is 0 Å². The average Bonchev–Trinajstić information content (AvgIpc) is 2.53. The number of aryl methyl sites for hydroxylation is 1. The molecule has 1 fully saturated rings. The molecule has 0 saturated heterocycles. The van der Waals surface area contributed by atoms with Crippen LogP contribution in [0.25, 0.3) is 0 Å². The maximum Gasteiger partial charge on any atom is 0.194 e. The molecule has 4 nitrogen and oxygen atoms in total. The quantitative estimate of drug-likeness (QED) is 0.469. The first-order chi connectivity index (χ1) is 11.4. The van der Waals surface area contributed by atoms with Gasteiger partial charge in [-0.1, -0.05) is 31.4 Å². The van der Waals surface area contributed by atoms with Crippen LogP contribution in [0.2, 0.25) is 0 Å². The molecule has 0 amide bonds. The fraction of sp³-hybridized carbons (Fsp3) is 0.667. The van der Waals surface area contributed by atoms with Crippen LogP contribution in [-0.2, 0) is 15.4 Å². The summed E-state index contributed by atoms with van der Waals surface area (Å²) in [5, 5.41) is 10.8. The molecule has 0 aromatic heterocycles. The van der Waals surface area contributed by atoms with E-state index in [-0.39, 0.29) is 5.78 Å². The van der Waals surface area contributed by atoms with Crippen molar-refractivity contribution >= 4 is 5.78 Å². The van der Waals surface area contributed by atoms with Crippen LogP contribution in [0.4, 0.5) is 0 Å². The Bertz CT molecular complexity index is 619. The minimum atomic E-state index is -1.23. The van der Waals surface area contributed by atoms with Gasteiger partial charge in [0, 0.05) is 5.56 Å². The van der Waals surface area contributed by atoms with Crippen molar-refractivity contribution < 1.29 is 19.7 Å². The van der Waals surface area contributed by atoms with Crippen molar-refractivity contribution in [1.29, 1.82) is 0 Å². The minimum absolute atomic E-state index is 0.168. The summed E-state index contributed by atoms with van der Waals surface area (Å²) in [5.74, 6) is -0.168. The molecule has 1 N–H and O–H groups in total. The van der Waals surface area contributed by atoms with Gasteiger partial charge in [-0.05, 0) is 71.6 Å². The first kappa shape index (κ1) is 20.1. The number of rotatable bonds is 5. The molecule has 0 bridgehead atoms. The average molecular weight is 348 g/mol. The highest BCUT2D eigenvalue weighted by molar-refractivity contribution is 6.03. The Morgan fingerprint density at radius 2 is 1.64 bits per heavy atom. The Morgan fingerprint density at radius 3 is 2.20 bits per heavy atom. The van der Waals surface area contributed by atoms with E-state index in [1.165, 1.54) is 0 Å². The third-order valence-corrected chi connectivity index (χ3v) is 4.78. The summed E-state index contributed by atoms with van der Waals surface area (Å²) in [6, 6.07) is 5.70. The summed E-state index contributed by atoms with van der Waals surface area (Å²) in [5.41, 5.74) is -0.0443. The molecule has 140 valence electrons. The van der Waals surface area contributed by atoms with Gasteiger partial charge in [0.25, 0.3) is 0 Å². The summed E-state index contributed by atoms with van der Waals surface area (Å²) in [6.45, 7) is 11.5. The molecule has 1 aliphatic carbocycles. The Balaban J connectivity index is 2.29. The number of ketones is 1. The predicted molar refractivity (Wildman–Crippen MR) is 98.5 cm³/mol. The fourth-order valence-electron chi connectivity index (χ4n) is 3.13. The van der Waals surface area contributed by atoms with E-state index in [0.29, 0.717) is 18.4 Å². The maximum atomic E-state index is 13.0. The van der Waals surface area contributed by atoms with Gasteiger partial charge in [-0.25, -0.2) is 9.78 Å². The molecule has 0 heterocycles. The lowest BCUT2D eigenvalue weighted by Gasteiger charge is -2.32. The molecule has 0 atom stereocenters. The normalized spacial score (nSPS) is 18.2. The summed E-state index contributed by atoms with van der Waals surface area (Å²) >= 11 is 0. The second-order valence-corrected chi connectivity index (χ2v) is 8.74. The van der Waals surface area contributed by atoms with Crippen LogP contribution in [0, 0.1) is 6.92 Å². The lowest BCUT2D eigenvalue weighted by atomic mass is 9.78. The number of Topliss-reactive ketones (excluding diaryl/α,β-unsaturated/α-hetero) is 1. The summed E-state index contributed by atoms with van der Waals surface area (Å²) in [6.07, 6.45) is 3.97. The largest absolute Gasteiger partial charge is 0.382 e. The topological polar surface area (TPSA) is 55.8 Å². The van der Waals surface area contributed by atoms with Gasteiger partial charge >= 0.3 is 0 Å². The van der Waals surface area contributed by atoms with Crippen LogP contribution in [-0.4, -0.2) is 22.1 Å². The van der Waals surface area contributed by atoms with Gasteiger partial charge in [-0.3, -0.25) is 4.79 Å². The van der Waals surface area contributed by atoms with Crippen molar-refractivity contribution in [2.75, 3.05) is 0 Å². The van der Waals surface area contributed by atoms with Gasteiger partial charge in [0.1, 0.15) is 11.2 Å². The van der Waals surface area contributed by atoms with Crippen LogP contribution < -0.4 is 0 Å². The second kappa shape index (κ2) is 7.18. The summed E-state index contributed by atoms with van der Waals surface area (Å²) < 4.78 is 0. The molecule has 1 aromatic carbocycles. The molecule has 1 aromatic rings. The van der Waals surface area contributed by atoms with E-state index in [1.807, 2.05) is 59.7 Å². The van der Waals surface area contributed by atoms with Crippen LogP contribution in [0.5, 0.6) is 0 Å². The zero-order valence-electron chi connectivity index (χ0n) is 16.4. The molecule has 1 saturated carbocycles. The third-order valence-electron chi connectivity index (χ3n) is 4.78. The van der Waals surface area contributed by atoms with E-state index in [1.54, 1.807) is 0 Å². The van der Waals surface area contributed by atoms with E-state index < -0.39 is 16.8 Å². The van der Waals surface area contributed by atoms with Crippen LogP contribution >= 0.6 is 0 Å². The van der Waals surface area contributed by atoms with Gasteiger partial charge in [0.05, 0.1) is 5.60 Å². The SMILES string of the molecule is Cc1ccc(C(C)(C)OOC(C)(C)C)cc1C(=O)C1(O)CCCCC1. The standard InChI is InChI=1S/C21H32O4/c1-15-10-11-16(20(5,6)25-24-19(2,3)4)14-17(15)18(22)21(23)12-8-7-9-13-21/h10-11,14,23H,7-9,12-13H2,1-6H3. The number of hydrogen-bond donors (Lipinski definition) is 1. The second-order valence-electron chi connectivity index (χ2n) is 8.74. The number of benzene rings is 1. The first-order valence-corrected chi connectivity index (χ1v) is 9.20. The van der Waals surface area contributed by atoms with Crippen molar-refractivity contribution in [3.05, 3.63) is 34.9 Å². The Labute approximate surface area is 151 Å². The van der Waals surface area contributed by atoms with Gasteiger partial charge < -0.3 is 5.11 Å². The Morgan fingerprint density at radius 1 is 1.04 bits per heavy atom. The molecule has 2 rings (SSSR count). The van der Waals surface area contributed by atoms with Crippen LogP contribution in [0.3, 0.4) is 0 Å². The van der Waals surface area contributed by atoms with E-state index in [0.717, 1.165) is 30.4 Å². The van der Waals surface area contributed by atoms with Crippen molar-refractivity contribution in [3.8, 4) is 0 Å². The zero-order chi connectivity index (χ0) is 18.9. The van der Waals surface area contributed by atoms with Crippen LogP contribution in [0.15, 0.2) is 18.2 Å². The molecule has 0 unspecified atom stereocenters. The van der Waals surface area contributed by atoms with Gasteiger partial charge in [0.15, 0.2) is 5.78 Å². The van der Waals surface area contributed by atoms with Crippen molar-refractivity contribution in [3.63, 3.8) is 0 Å². The van der Waals surface area contributed by atoms with Gasteiger partial charge in [-0.15, -0.1) is 0 Å². The minimum Gasteiger partial charge on any atom is -0.382 e. The highest BCUT2D eigenvalue weighted by atomic mass is 17.2. The molecule has 0 radical (unpaired) electrons. The number of hydrogen-bond acceptors (Lipinski definition) is 4. The summed E-state index contributed by atoms with van der Waals surface area (Å²) in [7, 11) is 0. The predicted octanol–water partition coefficient (Wildman–Crippen LogP) is 4.85. The number of aliphatic hydroxyl groups is 1. The molecule has 0 spiro atoms. The smallest absolute Gasteiger partial charge is 0.194 e. The number of carbonyl (C=O) groups excluding carboxylic acids is 1. The van der Waals surface area contributed by atoms with Crippen molar-refractivity contribution in [2.24, 2.45) is 0 Å². The van der Waals surface area contributed by atoms with Crippen LogP contribution in [0.1, 0.15) is 88.2 Å².